The number of amides is 1. The van der Waals surface area contributed by atoms with Crippen molar-refractivity contribution >= 4 is 22.6 Å². The highest BCUT2D eigenvalue weighted by Crippen LogP contribution is 2.28. The number of pyridine rings is 2. The lowest BCUT2D eigenvalue weighted by molar-refractivity contribution is 0.0940. The molecule has 0 atom stereocenters. The molecular weight excluding hydrogens is 446 g/mol. The molecule has 0 fully saturated rings. The average Bonchev–Trinajstić information content (AvgIpc) is 2.83. The van der Waals surface area contributed by atoms with Crippen LogP contribution >= 0.6 is 0 Å². The second-order valence-electron chi connectivity index (χ2n) is 8.66. The van der Waals surface area contributed by atoms with Gasteiger partial charge in [0.25, 0.3) is 11.5 Å². The minimum Gasteiger partial charge on any atom is -0.493 e. The van der Waals surface area contributed by atoms with Gasteiger partial charge < -0.3 is 19.4 Å². The zero-order valence-corrected chi connectivity index (χ0v) is 20.5. The van der Waals surface area contributed by atoms with Crippen molar-refractivity contribution in [2.45, 2.75) is 39.8 Å². The molecular formula is C26H29N5O4. The van der Waals surface area contributed by atoms with Crippen LogP contribution in [0.15, 0.2) is 47.4 Å². The van der Waals surface area contributed by atoms with Gasteiger partial charge in [-0.25, -0.2) is 4.98 Å². The molecule has 4 rings (SSSR count). The lowest BCUT2D eigenvalue weighted by Gasteiger charge is -2.16. The first kappa shape index (κ1) is 24.0. The molecule has 0 aliphatic rings. The molecule has 3 heterocycles. The van der Waals surface area contributed by atoms with Gasteiger partial charge in [-0.2, -0.15) is 0 Å². The van der Waals surface area contributed by atoms with E-state index in [1.807, 2.05) is 45.0 Å². The Morgan fingerprint density at radius 3 is 2.54 bits per heavy atom. The number of benzene rings is 1. The highest BCUT2D eigenvalue weighted by atomic mass is 16.5. The minimum atomic E-state index is -0.402. The van der Waals surface area contributed by atoms with E-state index in [1.54, 1.807) is 31.0 Å². The van der Waals surface area contributed by atoms with Gasteiger partial charge in [0.05, 0.1) is 25.2 Å². The van der Waals surface area contributed by atoms with E-state index in [2.05, 4.69) is 5.32 Å². The maximum absolute atomic E-state index is 13.4. The maximum Gasteiger partial charge on any atom is 0.267 e. The summed E-state index contributed by atoms with van der Waals surface area (Å²) < 4.78 is 13.8. The summed E-state index contributed by atoms with van der Waals surface area (Å²) in [5, 5.41) is 12.0. The van der Waals surface area contributed by atoms with Crippen LogP contribution in [0.2, 0.25) is 0 Å². The molecule has 0 spiro atoms. The average molecular weight is 476 g/mol. The number of nitrogens with one attached hydrogen (secondary N) is 2. The van der Waals surface area contributed by atoms with Gasteiger partial charge in [0.1, 0.15) is 16.8 Å². The third kappa shape index (κ3) is 4.49. The molecule has 35 heavy (non-hydrogen) atoms. The number of rotatable bonds is 7. The van der Waals surface area contributed by atoms with Crippen LogP contribution in [0.25, 0.3) is 16.7 Å². The zero-order valence-electron chi connectivity index (χ0n) is 20.5. The number of aryl methyl sites for hydroxylation is 3. The quantitative estimate of drug-likeness (QED) is 0.400. The molecule has 0 aliphatic carbocycles. The summed E-state index contributed by atoms with van der Waals surface area (Å²) >= 11 is 0. The Morgan fingerprint density at radius 1 is 1.11 bits per heavy atom. The number of ether oxygens (including phenoxy) is 2. The van der Waals surface area contributed by atoms with Crippen LogP contribution in [0.4, 0.5) is 0 Å². The van der Waals surface area contributed by atoms with E-state index >= 15 is 0 Å². The monoisotopic (exact) mass is 475 g/mol. The van der Waals surface area contributed by atoms with Crippen LogP contribution in [0.1, 0.15) is 35.3 Å². The van der Waals surface area contributed by atoms with Gasteiger partial charge in [-0.1, -0.05) is 12.1 Å². The molecule has 0 radical (unpaired) electrons. The van der Waals surface area contributed by atoms with Gasteiger partial charge in [0, 0.05) is 18.8 Å². The fourth-order valence-electron chi connectivity index (χ4n) is 4.10. The molecule has 0 unspecified atom stereocenters. The van der Waals surface area contributed by atoms with Crippen molar-refractivity contribution < 1.29 is 14.3 Å². The van der Waals surface area contributed by atoms with Gasteiger partial charge in [-0.3, -0.25) is 19.4 Å². The molecule has 0 saturated carbocycles. The number of hydrogen-bond donors (Lipinski definition) is 2. The molecule has 2 N–H and O–H groups in total. The van der Waals surface area contributed by atoms with E-state index in [4.69, 9.17) is 19.9 Å². The number of carbonyl (C=O) groups is 1. The number of methoxy groups -OCH3 is 2. The largest absolute Gasteiger partial charge is 0.493 e. The van der Waals surface area contributed by atoms with Crippen molar-refractivity contribution in [2.75, 3.05) is 14.2 Å². The predicted molar refractivity (Wildman–Crippen MR) is 133 cm³/mol. The summed E-state index contributed by atoms with van der Waals surface area (Å²) in [4.78, 5) is 31.1. The lowest BCUT2D eigenvalue weighted by Crippen LogP contribution is -2.37. The molecule has 0 saturated heterocycles. The van der Waals surface area contributed by atoms with Gasteiger partial charge in [-0.15, -0.1) is 0 Å². The van der Waals surface area contributed by atoms with Gasteiger partial charge in [0.2, 0.25) is 0 Å². The Labute approximate surface area is 202 Å². The van der Waals surface area contributed by atoms with Crippen LogP contribution in [0.3, 0.4) is 0 Å². The summed E-state index contributed by atoms with van der Waals surface area (Å²) in [5.74, 6) is 0.828. The van der Waals surface area contributed by atoms with Gasteiger partial charge in [0.15, 0.2) is 11.5 Å². The summed E-state index contributed by atoms with van der Waals surface area (Å²) in [5.41, 5.74) is 2.53. The Morgan fingerprint density at radius 2 is 1.86 bits per heavy atom. The highest BCUT2D eigenvalue weighted by molar-refractivity contribution is 5.97. The van der Waals surface area contributed by atoms with Gasteiger partial charge >= 0.3 is 0 Å². The van der Waals surface area contributed by atoms with Crippen LogP contribution in [-0.4, -0.2) is 40.1 Å². The predicted octanol–water partition coefficient (Wildman–Crippen LogP) is 2.84. The van der Waals surface area contributed by atoms with Gasteiger partial charge in [-0.05, 0) is 62.6 Å². The summed E-state index contributed by atoms with van der Waals surface area (Å²) in [6.07, 6.45) is 2.18. The van der Waals surface area contributed by atoms with E-state index in [9.17, 15) is 9.59 Å². The Balaban J connectivity index is 1.91. The van der Waals surface area contributed by atoms with Crippen molar-refractivity contribution in [3.05, 3.63) is 75.1 Å². The molecule has 1 amide bonds. The minimum absolute atomic E-state index is 0.000890. The number of nitrogens with zero attached hydrogens (tertiary/aromatic N) is 3. The molecule has 9 nitrogen and oxygen atoms in total. The van der Waals surface area contributed by atoms with Crippen molar-refractivity contribution in [3.8, 4) is 11.5 Å². The van der Waals surface area contributed by atoms with E-state index in [-0.39, 0.29) is 28.0 Å². The third-order valence-electron chi connectivity index (χ3n) is 5.87. The van der Waals surface area contributed by atoms with Crippen molar-refractivity contribution in [1.29, 1.82) is 5.41 Å². The first-order valence-electron chi connectivity index (χ1n) is 11.4. The van der Waals surface area contributed by atoms with Crippen LogP contribution in [0.5, 0.6) is 11.5 Å². The van der Waals surface area contributed by atoms with Crippen molar-refractivity contribution in [1.82, 2.24) is 19.3 Å². The van der Waals surface area contributed by atoms with E-state index in [0.717, 1.165) is 11.1 Å². The van der Waals surface area contributed by atoms with E-state index in [0.29, 0.717) is 35.8 Å². The molecule has 0 aliphatic heterocycles. The number of carbonyl (C=O) groups excluding carboxylic acids is 1. The van der Waals surface area contributed by atoms with Crippen LogP contribution < -0.4 is 25.8 Å². The Bertz CT molecular complexity index is 1550. The highest BCUT2D eigenvalue weighted by Gasteiger charge is 2.18. The zero-order chi connectivity index (χ0) is 25.3. The standard InChI is InChI=1S/C26H29N5O4/c1-15(2)28-25(32)18-14-19-24(29-23-16(3)7-6-11-31(23)26(19)33)30(22(18)27)12-10-17-8-9-20(34-4)21(13-17)35-5/h6-9,11,13-15,27H,10,12H2,1-5H3,(H,28,32). The van der Waals surface area contributed by atoms with Crippen LogP contribution in [0, 0.1) is 12.3 Å². The Kier molecular flexibility index (Phi) is 6.59. The first-order chi connectivity index (χ1) is 16.7. The second-order valence-corrected chi connectivity index (χ2v) is 8.66. The number of aromatic nitrogens is 3. The third-order valence-corrected chi connectivity index (χ3v) is 5.87. The summed E-state index contributed by atoms with van der Waals surface area (Å²) in [6, 6.07) is 10.7. The molecule has 9 heteroatoms. The fourth-order valence-corrected chi connectivity index (χ4v) is 4.10. The SMILES string of the molecule is COc1ccc(CCn2c(=N)c(C(=O)NC(C)C)cc3c(=O)n4cccc(C)c4nc32)cc1OC. The Hall–Kier alpha value is -4.14. The second kappa shape index (κ2) is 9.61. The van der Waals surface area contributed by atoms with Crippen molar-refractivity contribution in [3.63, 3.8) is 0 Å². The molecule has 3 aromatic heterocycles. The maximum atomic E-state index is 13.4. The molecule has 0 bridgehead atoms. The normalized spacial score (nSPS) is 11.3. The lowest BCUT2D eigenvalue weighted by atomic mass is 10.1. The summed E-state index contributed by atoms with van der Waals surface area (Å²) in [7, 11) is 3.16. The summed E-state index contributed by atoms with van der Waals surface area (Å²) in [6.45, 7) is 5.91. The number of fused-ring (bicyclic) bond motifs is 2. The van der Waals surface area contributed by atoms with E-state index in [1.165, 1.54) is 10.5 Å². The topological polar surface area (TPSA) is 111 Å². The molecule has 182 valence electrons. The molecule has 1 aromatic carbocycles. The fraction of sp³-hybridized carbons (Fsp3) is 0.308. The van der Waals surface area contributed by atoms with Crippen molar-refractivity contribution in [2.24, 2.45) is 0 Å². The first-order valence-corrected chi connectivity index (χ1v) is 11.4. The number of hydrogen-bond acceptors (Lipinski definition) is 6. The van der Waals surface area contributed by atoms with E-state index < -0.39 is 5.91 Å². The molecule has 4 aromatic rings. The van der Waals surface area contributed by atoms with Crippen LogP contribution in [-0.2, 0) is 13.0 Å². The smallest absolute Gasteiger partial charge is 0.267 e.